The van der Waals surface area contributed by atoms with Crippen molar-refractivity contribution in [3.63, 3.8) is 0 Å². The molecule has 27 heavy (non-hydrogen) atoms. The summed E-state index contributed by atoms with van der Waals surface area (Å²) >= 11 is 5.44. The minimum Gasteiger partial charge on any atom is -0.378 e. The number of hydrogen-bond donors (Lipinski definition) is 2. The van der Waals surface area contributed by atoms with Gasteiger partial charge in [-0.15, -0.1) is 0 Å². The lowest BCUT2D eigenvalue weighted by Gasteiger charge is -2.29. The number of morpholine rings is 1. The van der Waals surface area contributed by atoms with E-state index in [1.54, 1.807) is 0 Å². The summed E-state index contributed by atoms with van der Waals surface area (Å²) in [6, 6.07) is 2.09. The summed E-state index contributed by atoms with van der Waals surface area (Å²) in [6.45, 7) is 6.79. The van der Waals surface area contributed by atoms with Crippen LogP contribution in [0.25, 0.3) is 0 Å². The largest absolute Gasteiger partial charge is 0.378 e. The first-order chi connectivity index (χ1) is 13.3. The van der Waals surface area contributed by atoms with Gasteiger partial charge in [-0.2, -0.15) is 9.97 Å². The van der Waals surface area contributed by atoms with Crippen LogP contribution in [-0.2, 0) is 9.47 Å². The zero-order valence-corrected chi connectivity index (χ0v) is 16.5. The lowest BCUT2D eigenvalue weighted by Crippen LogP contribution is -2.38. The van der Waals surface area contributed by atoms with Crippen molar-refractivity contribution >= 4 is 34.9 Å². The summed E-state index contributed by atoms with van der Waals surface area (Å²) < 4.78 is 11.1. The van der Waals surface area contributed by atoms with E-state index in [4.69, 9.17) is 31.7 Å². The van der Waals surface area contributed by atoms with Gasteiger partial charge in [0.2, 0.25) is 5.95 Å². The van der Waals surface area contributed by atoms with Crippen LogP contribution in [0.5, 0.6) is 0 Å². The standard InChI is InChI=1S/C18H28N6O2S/c27-18(19-13-14-4-3-9-26-14)22-17-20-15(23-5-1-2-6-23)12-16(21-17)24-7-10-25-11-8-24/h12,14H,1-11,13H2,(H2,19,20,21,22,27). The minimum absolute atomic E-state index is 0.241. The van der Waals surface area contributed by atoms with Gasteiger partial charge in [-0.25, -0.2) is 0 Å². The zero-order valence-electron chi connectivity index (χ0n) is 15.7. The van der Waals surface area contributed by atoms with E-state index in [2.05, 4.69) is 26.5 Å². The molecule has 0 bridgehead atoms. The average molecular weight is 393 g/mol. The fourth-order valence-corrected chi connectivity index (χ4v) is 3.87. The van der Waals surface area contributed by atoms with Crippen molar-refractivity contribution in [2.45, 2.75) is 31.8 Å². The highest BCUT2D eigenvalue weighted by atomic mass is 32.1. The van der Waals surface area contributed by atoms with Crippen molar-refractivity contribution in [1.29, 1.82) is 0 Å². The van der Waals surface area contributed by atoms with Gasteiger partial charge in [0.15, 0.2) is 5.11 Å². The van der Waals surface area contributed by atoms with E-state index in [-0.39, 0.29) is 6.10 Å². The van der Waals surface area contributed by atoms with Gasteiger partial charge in [0.1, 0.15) is 11.6 Å². The van der Waals surface area contributed by atoms with Crippen LogP contribution in [0.4, 0.5) is 17.6 Å². The molecular formula is C18H28N6O2S. The first kappa shape index (κ1) is 18.6. The van der Waals surface area contributed by atoms with Gasteiger partial charge in [0.05, 0.1) is 19.3 Å². The van der Waals surface area contributed by atoms with Gasteiger partial charge in [0, 0.05) is 45.4 Å². The van der Waals surface area contributed by atoms with Crippen molar-refractivity contribution < 1.29 is 9.47 Å². The van der Waals surface area contributed by atoms with Crippen LogP contribution in [0, 0.1) is 0 Å². The highest BCUT2D eigenvalue weighted by Crippen LogP contribution is 2.24. The summed E-state index contributed by atoms with van der Waals surface area (Å²) in [5.41, 5.74) is 0. The Morgan fingerprint density at radius 2 is 1.74 bits per heavy atom. The SMILES string of the molecule is S=C(NCC1CCCO1)Nc1nc(N2CCCC2)cc(N2CCOCC2)n1. The quantitative estimate of drug-likeness (QED) is 0.723. The van der Waals surface area contributed by atoms with Crippen molar-refractivity contribution in [3.05, 3.63) is 6.07 Å². The van der Waals surface area contributed by atoms with Gasteiger partial charge in [0.25, 0.3) is 0 Å². The maximum absolute atomic E-state index is 5.63. The molecule has 1 aromatic heterocycles. The Bertz CT molecular complexity index is 643. The lowest BCUT2D eigenvalue weighted by atomic mass is 10.2. The highest BCUT2D eigenvalue weighted by Gasteiger charge is 2.20. The average Bonchev–Trinajstić information content (AvgIpc) is 3.41. The number of thiocarbonyl (C=S) groups is 1. The second-order valence-corrected chi connectivity index (χ2v) is 7.58. The fourth-order valence-electron chi connectivity index (χ4n) is 3.70. The monoisotopic (exact) mass is 392 g/mol. The molecule has 3 saturated heterocycles. The topological polar surface area (TPSA) is 74.8 Å². The highest BCUT2D eigenvalue weighted by molar-refractivity contribution is 7.80. The number of ether oxygens (including phenoxy) is 2. The van der Waals surface area contributed by atoms with Crippen molar-refractivity contribution in [1.82, 2.24) is 15.3 Å². The Morgan fingerprint density at radius 3 is 2.41 bits per heavy atom. The molecule has 3 fully saturated rings. The molecule has 0 aromatic carbocycles. The molecule has 2 N–H and O–H groups in total. The van der Waals surface area contributed by atoms with Gasteiger partial charge in [-0.1, -0.05) is 0 Å². The summed E-state index contributed by atoms with van der Waals surface area (Å²) in [7, 11) is 0. The molecule has 0 amide bonds. The molecule has 3 aliphatic heterocycles. The van der Waals surface area contributed by atoms with E-state index in [1.165, 1.54) is 12.8 Å². The van der Waals surface area contributed by atoms with Crippen molar-refractivity contribution in [2.24, 2.45) is 0 Å². The summed E-state index contributed by atoms with van der Waals surface area (Å²) in [5.74, 6) is 2.44. The first-order valence-electron chi connectivity index (χ1n) is 9.91. The van der Waals surface area contributed by atoms with Crippen LogP contribution in [-0.4, -0.2) is 73.7 Å². The molecule has 1 unspecified atom stereocenters. The third-order valence-corrected chi connectivity index (χ3v) is 5.45. The number of nitrogens with one attached hydrogen (secondary N) is 2. The van der Waals surface area contributed by atoms with E-state index in [0.29, 0.717) is 17.6 Å². The van der Waals surface area contributed by atoms with Crippen LogP contribution < -0.4 is 20.4 Å². The van der Waals surface area contributed by atoms with Crippen LogP contribution in [0.1, 0.15) is 25.7 Å². The molecule has 148 valence electrons. The lowest BCUT2D eigenvalue weighted by molar-refractivity contribution is 0.114. The summed E-state index contributed by atoms with van der Waals surface area (Å²) in [4.78, 5) is 14.0. The van der Waals surface area contributed by atoms with E-state index in [9.17, 15) is 0 Å². The second-order valence-electron chi connectivity index (χ2n) is 7.17. The molecule has 0 radical (unpaired) electrons. The number of rotatable bonds is 5. The van der Waals surface area contributed by atoms with Gasteiger partial charge >= 0.3 is 0 Å². The van der Waals surface area contributed by atoms with Crippen LogP contribution in [0.3, 0.4) is 0 Å². The van der Waals surface area contributed by atoms with E-state index >= 15 is 0 Å². The predicted octanol–water partition coefficient (Wildman–Crippen LogP) is 1.38. The van der Waals surface area contributed by atoms with Crippen molar-refractivity contribution in [2.75, 3.05) is 67.7 Å². The summed E-state index contributed by atoms with van der Waals surface area (Å²) in [5, 5.41) is 6.94. The number of hydrogen-bond acceptors (Lipinski definition) is 7. The van der Waals surface area contributed by atoms with Gasteiger partial charge in [-0.3, -0.25) is 0 Å². The van der Waals surface area contributed by atoms with Crippen molar-refractivity contribution in [3.8, 4) is 0 Å². The second kappa shape index (κ2) is 8.99. The fraction of sp³-hybridized carbons (Fsp3) is 0.722. The summed E-state index contributed by atoms with van der Waals surface area (Å²) in [6.07, 6.45) is 4.86. The van der Waals surface area contributed by atoms with E-state index < -0.39 is 0 Å². The smallest absolute Gasteiger partial charge is 0.232 e. The first-order valence-corrected chi connectivity index (χ1v) is 10.3. The van der Waals surface area contributed by atoms with Gasteiger partial charge < -0.3 is 29.9 Å². The Hall–Kier alpha value is -1.71. The van der Waals surface area contributed by atoms with Gasteiger partial charge in [-0.05, 0) is 37.9 Å². The Labute approximate surface area is 165 Å². The molecule has 1 aromatic rings. The Balaban J connectivity index is 1.45. The molecule has 4 rings (SSSR count). The molecule has 9 heteroatoms. The number of anilines is 3. The molecular weight excluding hydrogens is 364 g/mol. The van der Waals surface area contributed by atoms with E-state index in [1.807, 2.05) is 0 Å². The van der Waals surface area contributed by atoms with Crippen LogP contribution in [0.15, 0.2) is 6.07 Å². The molecule has 0 saturated carbocycles. The number of nitrogens with zero attached hydrogens (tertiary/aromatic N) is 4. The van der Waals surface area contributed by atoms with Crippen LogP contribution >= 0.6 is 12.2 Å². The Morgan fingerprint density at radius 1 is 1.04 bits per heavy atom. The predicted molar refractivity (Wildman–Crippen MR) is 110 cm³/mol. The molecule has 0 spiro atoms. The zero-order chi connectivity index (χ0) is 18.5. The van der Waals surface area contributed by atoms with Crippen LogP contribution in [0.2, 0.25) is 0 Å². The Kier molecular flexibility index (Phi) is 6.21. The molecule has 0 aliphatic carbocycles. The molecule has 8 nitrogen and oxygen atoms in total. The third kappa shape index (κ3) is 4.97. The normalized spacial score (nSPS) is 22.9. The van der Waals surface area contributed by atoms with E-state index in [0.717, 1.165) is 70.5 Å². The molecule has 1 atom stereocenters. The molecule has 3 aliphatic rings. The molecule has 4 heterocycles. The maximum atomic E-state index is 5.63. The maximum Gasteiger partial charge on any atom is 0.232 e. The minimum atomic E-state index is 0.241. The number of aromatic nitrogens is 2. The third-order valence-electron chi connectivity index (χ3n) is 5.20.